The number of ether oxygens (including phenoxy) is 1. The topological polar surface area (TPSA) is 174 Å². The van der Waals surface area contributed by atoms with Crippen molar-refractivity contribution in [3.8, 4) is 0 Å². The van der Waals surface area contributed by atoms with Crippen LogP contribution in [0.1, 0.15) is 65.9 Å². The van der Waals surface area contributed by atoms with Crippen LogP contribution in [0.15, 0.2) is 48.8 Å². The van der Waals surface area contributed by atoms with Crippen LogP contribution >= 0.6 is 12.6 Å². The zero-order chi connectivity index (χ0) is 35.9. The summed E-state index contributed by atoms with van der Waals surface area (Å²) < 4.78 is 5.31. The summed E-state index contributed by atoms with van der Waals surface area (Å²) >= 11 is 3.66. The molecule has 48 heavy (non-hydrogen) atoms. The van der Waals surface area contributed by atoms with Gasteiger partial charge in [0.1, 0.15) is 18.7 Å². The molecule has 3 atom stereocenters. The average Bonchev–Trinajstić information content (AvgIpc) is 3.02. The molecule has 4 amide bonds. The van der Waals surface area contributed by atoms with E-state index in [1.54, 1.807) is 45.0 Å². The number of amides is 4. The molecule has 8 N–H and O–H groups in total. The number of allylic oxidation sites excluding steroid dienone is 1. The largest absolute Gasteiger partial charge is 0.445 e. The molecule has 0 unspecified atom stereocenters. The highest BCUT2D eigenvalue weighted by atomic mass is 32.1. The number of carbonyl (C=O) groups is 4. The number of nitrogens with one attached hydrogen (secondary N) is 8. The summed E-state index contributed by atoms with van der Waals surface area (Å²) in [6.45, 7) is 21.8. The Morgan fingerprint density at radius 3 is 1.81 bits per heavy atom. The fourth-order valence-corrected chi connectivity index (χ4v) is 4.61. The second-order valence-electron chi connectivity index (χ2n) is 12.1. The highest BCUT2D eigenvalue weighted by Gasteiger charge is 2.24. The number of benzene rings is 1. The minimum atomic E-state index is -0.609. The molecule has 0 aliphatic heterocycles. The van der Waals surface area contributed by atoms with Gasteiger partial charge in [-0.2, -0.15) is 0 Å². The fraction of sp³-hybridized carbons (Fsp3) is 0.588. The van der Waals surface area contributed by atoms with Gasteiger partial charge in [0.05, 0.1) is 6.04 Å². The van der Waals surface area contributed by atoms with Crippen molar-refractivity contribution in [2.75, 3.05) is 44.6 Å². The Balaban J connectivity index is 2.26. The Morgan fingerprint density at radius 2 is 1.27 bits per heavy atom. The SMILES string of the molecule is C=C(C)N[C@@H](C)C(=O)N[C@H](C(=C)N[C@@H](C)C(=O)Nc1ccc(COC(=O)NCCCNCCCCNCCCNC(=O)S)cc1)C(C)C. The number of anilines is 1. The lowest BCUT2D eigenvalue weighted by Crippen LogP contribution is -2.51. The lowest BCUT2D eigenvalue weighted by atomic mass is 10.0. The summed E-state index contributed by atoms with van der Waals surface area (Å²) in [6.07, 6.45) is 3.30. The fourth-order valence-electron chi connectivity index (χ4n) is 4.50. The van der Waals surface area contributed by atoms with Crippen LogP contribution in [0.4, 0.5) is 15.3 Å². The van der Waals surface area contributed by atoms with Crippen LogP contribution in [0, 0.1) is 5.92 Å². The summed E-state index contributed by atoms with van der Waals surface area (Å²) in [5.41, 5.74) is 2.62. The van der Waals surface area contributed by atoms with Gasteiger partial charge in [0, 0.05) is 30.2 Å². The Morgan fingerprint density at radius 1 is 0.729 bits per heavy atom. The molecule has 1 rings (SSSR count). The molecule has 0 spiro atoms. The summed E-state index contributed by atoms with van der Waals surface area (Å²) in [6, 6.07) is 5.62. The number of hydrogen-bond donors (Lipinski definition) is 9. The third kappa shape index (κ3) is 19.8. The highest BCUT2D eigenvalue weighted by molar-refractivity contribution is 7.96. The Hall–Kier alpha value is -3.75. The molecule has 0 aromatic heterocycles. The van der Waals surface area contributed by atoms with Gasteiger partial charge in [0.15, 0.2) is 0 Å². The van der Waals surface area contributed by atoms with Gasteiger partial charge in [-0.05, 0) is 96.2 Å². The first-order valence-corrected chi connectivity index (χ1v) is 17.1. The first kappa shape index (κ1) is 42.3. The molecule has 0 aliphatic carbocycles. The maximum Gasteiger partial charge on any atom is 0.407 e. The lowest BCUT2D eigenvalue weighted by molar-refractivity contribution is -0.123. The van der Waals surface area contributed by atoms with E-state index in [1.165, 1.54) is 0 Å². The number of hydrogen-bond acceptors (Lipinski definition) is 9. The molecule has 0 saturated heterocycles. The van der Waals surface area contributed by atoms with Gasteiger partial charge < -0.3 is 47.3 Å². The van der Waals surface area contributed by atoms with Crippen molar-refractivity contribution in [1.29, 1.82) is 0 Å². The average molecular weight is 691 g/mol. The van der Waals surface area contributed by atoms with E-state index in [0.717, 1.165) is 57.4 Å². The Bertz CT molecular complexity index is 1160. The molecule has 0 fully saturated rings. The van der Waals surface area contributed by atoms with Crippen LogP contribution in [0.2, 0.25) is 0 Å². The standard InChI is InChI=1S/C34H58N8O5S/c1-23(2)30(42-32(44)26(6)39-24(3)4)25(5)40-27(7)31(43)41-29-14-12-28(13-15-29)22-47-33(45)37-20-10-18-35-16-8-9-17-36-19-11-21-38-34(46)48/h12-15,23,26-27,30,35-36,39-40H,3,5,8-11,16-22H2,1-2,4,6-7H3,(H,37,45)(H,41,43)(H,42,44)(H2,38,46,48)/t26-,27-,30-/m0/s1. The van der Waals surface area contributed by atoms with E-state index in [1.807, 2.05) is 13.8 Å². The van der Waals surface area contributed by atoms with Crippen LogP contribution in [0.25, 0.3) is 0 Å². The molecule has 1 aromatic rings. The number of unbranched alkanes of at least 4 members (excludes halogenated alkanes) is 1. The van der Waals surface area contributed by atoms with Crippen LogP contribution in [0.3, 0.4) is 0 Å². The molecule has 14 heteroatoms. The zero-order valence-electron chi connectivity index (χ0n) is 29.3. The van der Waals surface area contributed by atoms with Gasteiger partial charge in [-0.3, -0.25) is 14.4 Å². The smallest absolute Gasteiger partial charge is 0.407 e. The monoisotopic (exact) mass is 690 g/mol. The highest BCUT2D eigenvalue weighted by Crippen LogP contribution is 2.13. The first-order chi connectivity index (χ1) is 22.8. The van der Waals surface area contributed by atoms with Gasteiger partial charge in [-0.1, -0.05) is 51.8 Å². The van der Waals surface area contributed by atoms with E-state index in [2.05, 4.69) is 68.3 Å². The quantitative estimate of drug-likeness (QED) is 0.0551. The van der Waals surface area contributed by atoms with Crippen molar-refractivity contribution in [2.45, 2.75) is 85.0 Å². The minimum Gasteiger partial charge on any atom is -0.445 e. The van der Waals surface area contributed by atoms with Gasteiger partial charge in [-0.25, -0.2) is 4.79 Å². The molecule has 0 aliphatic rings. The predicted molar refractivity (Wildman–Crippen MR) is 196 cm³/mol. The van der Waals surface area contributed by atoms with Crippen molar-refractivity contribution >= 4 is 41.5 Å². The lowest BCUT2D eigenvalue weighted by Gasteiger charge is -2.29. The zero-order valence-corrected chi connectivity index (χ0v) is 30.2. The summed E-state index contributed by atoms with van der Waals surface area (Å²) in [7, 11) is 0. The maximum absolute atomic E-state index is 12.9. The van der Waals surface area contributed by atoms with Crippen molar-refractivity contribution < 1.29 is 23.9 Å². The van der Waals surface area contributed by atoms with E-state index in [-0.39, 0.29) is 35.6 Å². The second-order valence-corrected chi connectivity index (χ2v) is 12.5. The van der Waals surface area contributed by atoms with Gasteiger partial charge >= 0.3 is 6.09 Å². The van der Waals surface area contributed by atoms with Gasteiger partial charge in [-0.15, -0.1) is 0 Å². The van der Waals surface area contributed by atoms with Crippen LogP contribution < -0.4 is 42.5 Å². The van der Waals surface area contributed by atoms with E-state index >= 15 is 0 Å². The minimum absolute atomic E-state index is 0.0440. The summed E-state index contributed by atoms with van der Waals surface area (Å²) in [5, 5.41) is 23.8. The van der Waals surface area contributed by atoms with Crippen molar-refractivity contribution in [3.05, 3.63) is 54.4 Å². The molecule has 0 heterocycles. The molecular weight excluding hydrogens is 632 g/mol. The Labute approximate surface area is 292 Å². The molecule has 270 valence electrons. The predicted octanol–water partition coefficient (Wildman–Crippen LogP) is 3.37. The maximum atomic E-state index is 12.9. The van der Waals surface area contributed by atoms with E-state index in [9.17, 15) is 19.2 Å². The third-order valence-corrected chi connectivity index (χ3v) is 7.30. The van der Waals surface area contributed by atoms with E-state index < -0.39 is 18.2 Å². The molecular formula is C34H58N8O5S. The van der Waals surface area contributed by atoms with Gasteiger partial charge in [0.2, 0.25) is 11.8 Å². The van der Waals surface area contributed by atoms with Crippen molar-refractivity contribution in [1.82, 2.24) is 37.2 Å². The molecule has 0 radical (unpaired) electrons. The van der Waals surface area contributed by atoms with Crippen LogP contribution in [-0.2, 0) is 20.9 Å². The molecule has 1 aromatic carbocycles. The number of thiol groups is 1. The molecule has 0 saturated carbocycles. The summed E-state index contributed by atoms with van der Waals surface area (Å²) in [4.78, 5) is 48.2. The molecule has 0 bridgehead atoms. The molecule has 13 nitrogen and oxygen atoms in total. The number of alkyl carbamates (subject to hydrolysis) is 1. The second kappa shape index (κ2) is 24.4. The number of carbonyl (C=O) groups excluding carboxylic acids is 4. The van der Waals surface area contributed by atoms with E-state index in [4.69, 9.17) is 4.74 Å². The van der Waals surface area contributed by atoms with Crippen molar-refractivity contribution in [3.63, 3.8) is 0 Å². The van der Waals surface area contributed by atoms with Crippen LogP contribution in [0.5, 0.6) is 0 Å². The normalized spacial score (nSPS) is 12.6. The summed E-state index contributed by atoms with van der Waals surface area (Å²) in [5.74, 6) is -0.408. The first-order valence-electron chi connectivity index (χ1n) is 16.7. The van der Waals surface area contributed by atoms with Crippen molar-refractivity contribution in [2.24, 2.45) is 5.92 Å². The Kier molecular flexibility index (Phi) is 21.5. The van der Waals surface area contributed by atoms with E-state index in [0.29, 0.717) is 30.2 Å². The third-order valence-electron chi connectivity index (χ3n) is 7.15. The van der Waals surface area contributed by atoms with Crippen LogP contribution in [-0.4, -0.2) is 80.5 Å². The van der Waals surface area contributed by atoms with Gasteiger partial charge in [0.25, 0.3) is 5.24 Å². The number of rotatable bonds is 25.